The molecule has 0 aromatic heterocycles. The first kappa shape index (κ1) is 14.5. The first-order valence-electron chi connectivity index (χ1n) is 5.55. The summed E-state index contributed by atoms with van der Waals surface area (Å²) in [7, 11) is 0. The molecule has 0 heterocycles. The first-order valence-corrected chi connectivity index (χ1v) is 7.33. The number of nitrogens with two attached hydrogens (primary N) is 1. The molecule has 0 saturated carbocycles. The van der Waals surface area contributed by atoms with Crippen LogP contribution in [0.1, 0.15) is 13.3 Å². The predicted molar refractivity (Wildman–Crippen MR) is 76.1 cm³/mol. The maximum Gasteiger partial charge on any atom is 0.235 e. The molecule has 1 aromatic carbocycles. The van der Waals surface area contributed by atoms with E-state index < -0.39 is 0 Å². The molecule has 0 fully saturated rings. The third-order valence-electron chi connectivity index (χ3n) is 2.23. The van der Waals surface area contributed by atoms with E-state index in [-0.39, 0.29) is 11.9 Å². The van der Waals surface area contributed by atoms with Gasteiger partial charge in [-0.15, -0.1) is 11.8 Å². The van der Waals surface area contributed by atoms with E-state index in [0.717, 1.165) is 22.3 Å². The molecule has 0 aliphatic carbocycles. The van der Waals surface area contributed by atoms with E-state index in [0.29, 0.717) is 5.75 Å². The Bertz CT molecular complexity index is 373. The van der Waals surface area contributed by atoms with E-state index in [1.165, 1.54) is 0 Å². The van der Waals surface area contributed by atoms with Gasteiger partial charge in [-0.3, -0.25) is 4.79 Å². The molecular weight excluding hydrogens is 300 g/mol. The number of thioether (sulfide) groups is 1. The molecular formula is C12H17BrN2OS. The van der Waals surface area contributed by atoms with Crippen molar-refractivity contribution in [1.29, 1.82) is 0 Å². The Morgan fingerprint density at radius 3 is 2.82 bits per heavy atom. The van der Waals surface area contributed by atoms with Crippen LogP contribution >= 0.6 is 27.7 Å². The molecule has 0 aliphatic heterocycles. The van der Waals surface area contributed by atoms with Crippen LogP contribution in [0.3, 0.4) is 0 Å². The highest BCUT2D eigenvalue weighted by atomic mass is 79.9. The number of primary amides is 1. The number of amides is 1. The number of benzene rings is 1. The Hall–Kier alpha value is -0.520. The summed E-state index contributed by atoms with van der Waals surface area (Å²) >= 11 is 5.10. The van der Waals surface area contributed by atoms with E-state index in [4.69, 9.17) is 5.73 Å². The van der Waals surface area contributed by atoms with Gasteiger partial charge in [0.15, 0.2) is 0 Å². The lowest BCUT2D eigenvalue weighted by Gasteiger charge is -2.14. The molecule has 0 radical (unpaired) electrons. The number of hydrogen-bond donors (Lipinski definition) is 2. The maximum absolute atomic E-state index is 11.2. The fraction of sp³-hybridized carbons (Fsp3) is 0.417. The topological polar surface area (TPSA) is 55.1 Å². The van der Waals surface area contributed by atoms with Crippen molar-refractivity contribution < 1.29 is 4.79 Å². The molecule has 1 rings (SSSR count). The summed E-state index contributed by atoms with van der Waals surface area (Å²) in [6.45, 7) is 2.87. The summed E-state index contributed by atoms with van der Waals surface area (Å²) < 4.78 is 1.05. The lowest BCUT2D eigenvalue weighted by molar-refractivity contribution is -0.119. The molecule has 0 aliphatic rings. The van der Waals surface area contributed by atoms with Gasteiger partial charge in [-0.1, -0.05) is 19.1 Å². The third-order valence-corrected chi connectivity index (χ3v) is 4.35. The van der Waals surface area contributed by atoms with Crippen molar-refractivity contribution in [3.8, 4) is 0 Å². The molecule has 3 N–H and O–H groups in total. The second-order valence-electron chi connectivity index (χ2n) is 3.65. The highest BCUT2D eigenvalue weighted by Gasteiger charge is 2.14. The minimum atomic E-state index is -0.294. The van der Waals surface area contributed by atoms with Crippen LogP contribution < -0.4 is 11.1 Å². The van der Waals surface area contributed by atoms with Crippen LogP contribution in [0.2, 0.25) is 0 Å². The Kier molecular flexibility index (Phi) is 6.62. The summed E-state index contributed by atoms with van der Waals surface area (Å²) in [5.74, 6) is 0.357. The highest BCUT2D eigenvalue weighted by Crippen LogP contribution is 2.27. The van der Waals surface area contributed by atoms with Crippen molar-refractivity contribution in [2.75, 3.05) is 12.3 Å². The van der Waals surface area contributed by atoms with Crippen molar-refractivity contribution in [3.05, 3.63) is 28.7 Å². The highest BCUT2D eigenvalue weighted by molar-refractivity contribution is 9.10. The van der Waals surface area contributed by atoms with Crippen LogP contribution in [-0.4, -0.2) is 24.2 Å². The van der Waals surface area contributed by atoms with Gasteiger partial charge < -0.3 is 11.1 Å². The number of carbonyl (C=O) groups excluding carboxylic acids is 1. The van der Waals surface area contributed by atoms with Gasteiger partial charge in [-0.05, 0) is 41.0 Å². The lowest BCUT2D eigenvalue weighted by atomic mass is 10.3. The van der Waals surface area contributed by atoms with E-state index in [1.54, 1.807) is 11.8 Å². The second kappa shape index (κ2) is 7.74. The fourth-order valence-electron chi connectivity index (χ4n) is 1.30. The van der Waals surface area contributed by atoms with Gasteiger partial charge in [0.05, 0.1) is 6.04 Å². The van der Waals surface area contributed by atoms with Gasteiger partial charge in [0.2, 0.25) is 5.91 Å². The number of carbonyl (C=O) groups is 1. The molecule has 5 heteroatoms. The van der Waals surface area contributed by atoms with Gasteiger partial charge in [0.25, 0.3) is 0 Å². The summed E-state index contributed by atoms with van der Waals surface area (Å²) in [5, 5.41) is 3.15. The fourth-order valence-corrected chi connectivity index (χ4v) is 2.93. The zero-order valence-corrected chi connectivity index (χ0v) is 12.2. The molecule has 94 valence electrons. The summed E-state index contributed by atoms with van der Waals surface area (Å²) in [6, 6.07) is 7.68. The van der Waals surface area contributed by atoms with E-state index in [2.05, 4.69) is 28.2 Å². The zero-order chi connectivity index (χ0) is 12.7. The molecule has 1 amide bonds. The minimum Gasteiger partial charge on any atom is -0.368 e. The number of hydrogen-bond acceptors (Lipinski definition) is 3. The minimum absolute atomic E-state index is 0.271. The van der Waals surface area contributed by atoms with Gasteiger partial charge >= 0.3 is 0 Å². The number of rotatable bonds is 7. The molecule has 1 unspecified atom stereocenters. The van der Waals surface area contributed by atoms with E-state index in [9.17, 15) is 4.79 Å². The Balaban J connectivity index is 2.52. The maximum atomic E-state index is 11.2. The van der Waals surface area contributed by atoms with Gasteiger partial charge in [0.1, 0.15) is 0 Å². The average Bonchev–Trinajstić information content (AvgIpc) is 2.31. The Labute approximate surface area is 115 Å². The second-order valence-corrected chi connectivity index (χ2v) is 5.57. The SMILES string of the molecule is CCCNC(CSc1ccccc1Br)C(N)=O. The van der Waals surface area contributed by atoms with Crippen molar-refractivity contribution in [3.63, 3.8) is 0 Å². The first-order chi connectivity index (χ1) is 8.15. The van der Waals surface area contributed by atoms with Crippen molar-refractivity contribution in [1.82, 2.24) is 5.32 Å². The number of nitrogens with one attached hydrogen (secondary N) is 1. The van der Waals surface area contributed by atoms with E-state index in [1.807, 2.05) is 24.3 Å². The molecule has 0 bridgehead atoms. The molecule has 17 heavy (non-hydrogen) atoms. The normalized spacial score (nSPS) is 12.4. The third kappa shape index (κ3) is 5.10. The van der Waals surface area contributed by atoms with Crippen LogP contribution in [-0.2, 0) is 4.79 Å². The molecule has 0 saturated heterocycles. The molecule has 1 atom stereocenters. The predicted octanol–water partition coefficient (Wildman–Crippen LogP) is 2.39. The summed E-state index contributed by atoms with van der Waals surface area (Å²) in [4.78, 5) is 12.4. The lowest BCUT2D eigenvalue weighted by Crippen LogP contribution is -2.43. The Morgan fingerprint density at radius 2 is 2.24 bits per heavy atom. The van der Waals surface area contributed by atoms with Gasteiger partial charge in [0, 0.05) is 15.1 Å². The largest absolute Gasteiger partial charge is 0.368 e. The quantitative estimate of drug-likeness (QED) is 0.759. The average molecular weight is 317 g/mol. The molecule has 0 spiro atoms. The van der Waals surface area contributed by atoms with Crippen LogP contribution in [0.4, 0.5) is 0 Å². The smallest absolute Gasteiger partial charge is 0.235 e. The zero-order valence-electron chi connectivity index (χ0n) is 9.78. The van der Waals surface area contributed by atoms with Crippen molar-refractivity contribution >= 4 is 33.6 Å². The van der Waals surface area contributed by atoms with Crippen LogP contribution in [0.15, 0.2) is 33.6 Å². The van der Waals surface area contributed by atoms with Gasteiger partial charge in [-0.25, -0.2) is 0 Å². The summed E-state index contributed by atoms with van der Waals surface area (Å²) in [5.41, 5.74) is 5.35. The summed E-state index contributed by atoms with van der Waals surface area (Å²) in [6.07, 6.45) is 0.990. The van der Waals surface area contributed by atoms with Crippen LogP contribution in [0.25, 0.3) is 0 Å². The van der Waals surface area contributed by atoms with E-state index >= 15 is 0 Å². The Morgan fingerprint density at radius 1 is 1.53 bits per heavy atom. The monoisotopic (exact) mass is 316 g/mol. The van der Waals surface area contributed by atoms with Crippen molar-refractivity contribution in [2.24, 2.45) is 5.73 Å². The van der Waals surface area contributed by atoms with Gasteiger partial charge in [-0.2, -0.15) is 0 Å². The number of halogens is 1. The van der Waals surface area contributed by atoms with Crippen LogP contribution in [0, 0.1) is 0 Å². The molecule has 1 aromatic rings. The standard InChI is InChI=1S/C12H17BrN2OS/c1-2-7-15-10(12(14)16)8-17-11-6-4-3-5-9(11)13/h3-6,10,15H,2,7-8H2,1H3,(H2,14,16). The van der Waals surface area contributed by atoms with Crippen molar-refractivity contribution in [2.45, 2.75) is 24.3 Å². The van der Waals surface area contributed by atoms with Crippen LogP contribution in [0.5, 0.6) is 0 Å². The molecule has 3 nitrogen and oxygen atoms in total.